The van der Waals surface area contributed by atoms with Gasteiger partial charge < -0.3 is 55.1 Å². The van der Waals surface area contributed by atoms with Crippen LogP contribution in [0.15, 0.2) is 23.3 Å². The van der Waals surface area contributed by atoms with E-state index in [0.717, 1.165) is 12.0 Å². The molecule has 8 N–H and O–H groups in total. The molecule has 306 valence electrons. The Hall–Kier alpha value is -1.94. The molecular formula is C41H64O13. The highest BCUT2D eigenvalue weighted by Gasteiger charge is 2.73. The van der Waals surface area contributed by atoms with E-state index in [-0.39, 0.29) is 35.2 Å². The largest absolute Gasteiger partial charge is 0.479 e. The van der Waals surface area contributed by atoms with E-state index in [9.17, 15) is 50.4 Å². The fourth-order valence-electron chi connectivity index (χ4n) is 13.0. The number of fused-ring (bicyclic) bond motifs is 7. The SMILES string of the molecule is C/C=C(\C)C(=O)O[C@H]1[C@H](O)[C@]2(CO)[C@@H](O)C[C@]3(C)C(=CC[C@@H]4[C@@]5(C)CC[C@H](O[C@H]6O[C@@H](C(=O)O)[C@H](O)[C@@H](O)[C@@H]6O)[C@@](C)(CO)[C@@H]5CC[C@]43C)[C@@H]2CC1(C)C. The molecule has 6 aliphatic rings. The minimum atomic E-state index is -1.84. The maximum Gasteiger partial charge on any atom is 0.335 e. The van der Waals surface area contributed by atoms with E-state index >= 15 is 0 Å². The van der Waals surface area contributed by atoms with Gasteiger partial charge in [-0.1, -0.05) is 59.3 Å². The quantitative estimate of drug-likeness (QED) is 0.0809. The monoisotopic (exact) mass is 764 g/mol. The van der Waals surface area contributed by atoms with Crippen molar-refractivity contribution in [2.24, 2.45) is 50.2 Å². The molecule has 54 heavy (non-hydrogen) atoms. The summed E-state index contributed by atoms with van der Waals surface area (Å²) in [5.74, 6) is -2.35. The van der Waals surface area contributed by atoms with Gasteiger partial charge in [-0.25, -0.2) is 9.59 Å². The second kappa shape index (κ2) is 13.9. The van der Waals surface area contributed by atoms with E-state index in [1.165, 1.54) is 0 Å². The number of carboxylic acids is 1. The molecule has 0 spiro atoms. The third kappa shape index (κ3) is 5.65. The van der Waals surface area contributed by atoms with Gasteiger partial charge in [-0.3, -0.25) is 0 Å². The number of carbonyl (C=O) groups excluding carboxylic acids is 1. The number of carboxylic acid groups (broad SMARTS) is 1. The van der Waals surface area contributed by atoms with Crippen molar-refractivity contribution >= 4 is 11.9 Å². The van der Waals surface area contributed by atoms with Crippen molar-refractivity contribution in [2.45, 2.75) is 155 Å². The van der Waals surface area contributed by atoms with Crippen LogP contribution in [0.25, 0.3) is 0 Å². The summed E-state index contributed by atoms with van der Waals surface area (Å²) in [5.41, 5.74) is -2.46. The highest BCUT2D eigenvalue weighted by atomic mass is 16.7. The average molecular weight is 765 g/mol. The zero-order valence-corrected chi connectivity index (χ0v) is 33.1. The molecule has 1 aliphatic heterocycles. The van der Waals surface area contributed by atoms with Crippen LogP contribution in [0.5, 0.6) is 0 Å². The van der Waals surface area contributed by atoms with Crippen LogP contribution >= 0.6 is 0 Å². The number of aliphatic hydroxyl groups excluding tert-OH is 7. The second-order valence-electron chi connectivity index (χ2n) is 19.3. The topological polar surface area (TPSA) is 224 Å². The highest BCUT2D eigenvalue weighted by Crippen LogP contribution is 2.76. The van der Waals surface area contributed by atoms with Crippen LogP contribution in [0.1, 0.15) is 100 Å². The Balaban J connectivity index is 1.32. The van der Waals surface area contributed by atoms with Gasteiger partial charge in [0.1, 0.15) is 30.5 Å². The molecule has 0 amide bonds. The first-order chi connectivity index (χ1) is 25.0. The van der Waals surface area contributed by atoms with Crippen molar-refractivity contribution in [3.63, 3.8) is 0 Å². The fourth-order valence-corrected chi connectivity index (χ4v) is 13.0. The molecular weight excluding hydrogens is 700 g/mol. The highest BCUT2D eigenvalue weighted by molar-refractivity contribution is 5.87. The van der Waals surface area contributed by atoms with Gasteiger partial charge in [0.2, 0.25) is 0 Å². The van der Waals surface area contributed by atoms with Gasteiger partial charge in [0, 0.05) is 16.4 Å². The van der Waals surface area contributed by atoms with Crippen LogP contribution in [0, 0.1) is 50.2 Å². The van der Waals surface area contributed by atoms with E-state index in [1.54, 1.807) is 19.9 Å². The second-order valence-corrected chi connectivity index (χ2v) is 19.3. The lowest BCUT2D eigenvalue weighted by molar-refractivity contribution is -0.328. The summed E-state index contributed by atoms with van der Waals surface area (Å²) >= 11 is 0. The van der Waals surface area contributed by atoms with Crippen molar-refractivity contribution in [1.29, 1.82) is 0 Å². The molecule has 0 unspecified atom stereocenters. The van der Waals surface area contributed by atoms with Gasteiger partial charge in [0.25, 0.3) is 0 Å². The van der Waals surface area contributed by atoms with Gasteiger partial charge in [-0.2, -0.15) is 0 Å². The summed E-state index contributed by atoms with van der Waals surface area (Å²) in [4.78, 5) is 24.8. The van der Waals surface area contributed by atoms with Crippen molar-refractivity contribution in [1.82, 2.24) is 0 Å². The Bertz CT molecular complexity index is 1540. The van der Waals surface area contributed by atoms with Crippen LogP contribution in [0.4, 0.5) is 0 Å². The number of rotatable bonds is 7. The number of aliphatic hydroxyl groups is 7. The van der Waals surface area contributed by atoms with Crippen LogP contribution in [-0.2, 0) is 23.8 Å². The minimum absolute atomic E-state index is 0.0616. The predicted molar refractivity (Wildman–Crippen MR) is 194 cm³/mol. The Morgan fingerprint density at radius 3 is 2.17 bits per heavy atom. The molecule has 4 saturated carbocycles. The van der Waals surface area contributed by atoms with Crippen LogP contribution in [-0.4, -0.2) is 121 Å². The summed E-state index contributed by atoms with van der Waals surface area (Å²) in [7, 11) is 0. The van der Waals surface area contributed by atoms with E-state index in [2.05, 4.69) is 26.8 Å². The molecule has 17 atom stereocenters. The third-order valence-electron chi connectivity index (χ3n) is 16.6. The molecule has 1 saturated heterocycles. The first-order valence-electron chi connectivity index (χ1n) is 19.8. The fraction of sp³-hybridized carbons (Fsp3) is 0.854. The van der Waals surface area contributed by atoms with Crippen molar-refractivity contribution in [3.05, 3.63) is 23.3 Å². The lowest BCUT2D eigenvalue weighted by Gasteiger charge is -2.72. The van der Waals surface area contributed by atoms with Gasteiger partial charge in [0.05, 0.1) is 30.8 Å². The van der Waals surface area contributed by atoms with Gasteiger partial charge in [0.15, 0.2) is 12.4 Å². The van der Waals surface area contributed by atoms with Crippen molar-refractivity contribution < 1.29 is 64.7 Å². The summed E-state index contributed by atoms with van der Waals surface area (Å²) in [6.45, 7) is 15.4. The summed E-state index contributed by atoms with van der Waals surface area (Å²) in [6, 6.07) is 0. The molecule has 0 aromatic heterocycles. The van der Waals surface area contributed by atoms with Crippen molar-refractivity contribution in [3.8, 4) is 0 Å². The van der Waals surface area contributed by atoms with Crippen LogP contribution in [0.2, 0.25) is 0 Å². The Morgan fingerprint density at radius 2 is 1.57 bits per heavy atom. The molecule has 13 heteroatoms. The number of hydrogen-bond donors (Lipinski definition) is 8. The van der Waals surface area contributed by atoms with Gasteiger partial charge in [-0.05, 0) is 92.8 Å². The Labute approximate surface area is 318 Å². The van der Waals surface area contributed by atoms with E-state index in [4.69, 9.17) is 14.2 Å². The molecule has 1 heterocycles. The van der Waals surface area contributed by atoms with Crippen molar-refractivity contribution in [2.75, 3.05) is 13.2 Å². The van der Waals surface area contributed by atoms with E-state index in [1.807, 2.05) is 20.8 Å². The maximum atomic E-state index is 13.0. The first-order valence-corrected chi connectivity index (χ1v) is 19.8. The zero-order valence-electron chi connectivity index (χ0n) is 33.1. The summed E-state index contributed by atoms with van der Waals surface area (Å²) < 4.78 is 17.7. The molecule has 0 aromatic rings. The zero-order chi connectivity index (χ0) is 40.1. The molecule has 5 fully saturated rings. The van der Waals surface area contributed by atoms with Crippen LogP contribution in [0.3, 0.4) is 0 Å². The number of hydrogen-bond acceptors (Lipinski definition) is 12. The lowest BCUT2D eigenvalue weighted by atomic mass is 9.33. The summed E-state index contributed by atoms with van der Waals surface area (Å²) in [5, 5.41) is 87.7. The first kappa shape index (κ1) is 41.7. The summed E-state index contributed by atoms with van der Waals surface area (Å²) in [6.07, 6.45) is -4.63. The molecule has 0 bridgehead atoms. The normalized spacial score (nSPS) is 51.5. The number of esters is 1. The smallest absolute Gasteiger partial charge is 0.335 e. The minimum Gasteiger partial charge on any atom is -0.479 e. The third-order valence-corrected chi connectivity index (χ3v) is 16.6. The molecule has 0 aromatic carbocycles. The average Bonchev–Trinajstić information content (AvgIpc) is 3.10. The maximum absolute atomic E-state index is 13.0. The standard InChI is InChI=1S/C41H64O13/c1-9-20(2)34(51)54-32-31(48)41(19-43)22(16-36(32,3)4)21-10-11-24-37(5)14-13-26(52-35-29(47)27(45)28(46)30(53-35)33(49)50)38(6,18-42)23(37)12-15-39(24,7)40(21,8)17-25(41)44/h9-10,22-32,35,42-48H,11-19H2,1-8H3,(H,49,50)/b20-9+/t22-,23+,24+,25-,26-,27+,28+,29-,30+,31-,32-,35-,37-,38-,39+,40+,41-/m0/s1. The molecule has 6 rings (SSSR count). The Morgan fingerprint density at radius 1 is 0.907 bits per heavy atom. The molecule has 0 radical (unpaired) electrons. The van der Waals surface area contributed by atoms with Gasteiger partial charge >= 0.3 is 11.9 Å². The van der Waals surface area contributed by atoms with E-state index < -0.39 is 95.3 Å². The number of aliphatic carboxylic acids is 1. The number of allylic oxidation sites excluding steroid dienone is 3. The number of carbonyl (C=O) groups is 2. The van der Waals surface area contributed by atoms with Gasteiger partial charge in [-0.15, -0.1) is 0 Å². The molecule has 13 nitrogen and oxygen atoms in total. The van der Waals surface area contributed by atoms with Crippen LogP contribution < -0.4 is 0 Å². The van der Waals surface area contributed by atoms with E-state index in [0.29, 0.717) is 44.1 Å². The molecule has 5 aliphatic carbocycles. The lowest BCUT2D eigenvalue weighted by Crippen LogP contribution is -2.72. The predicted octanol–water partition coefficient (Wildman–Crippen LogP) is 2.46. The number of ether oxygens (including phenoxy) is 3. The Kier molecular flexibility index (Phi) is 10.7.